The molecule has 7 heteroatoms. The van der Waals surface area contributed by atoms with Crippen LogP contribution in [0.25, 0.3) is 22.4 Å². The molecule has 204 valence electrons. The first-order chi connectivity index (χ1) is 19.7. The van der Waals surface area contributed by atoms with E-state index in [1.807, 2.05) is 76.5 Å². The number of carbonyl (C=O) groups excluding carboxylic acids is 2. The number of aromatic nitrogens is 3. The SMILES string of the molecule is O=C(c1ccc(-c2ccccc2-c2cn(C(=O)N3CCCCC3Cc3ccccc3)nn2)cc1)N1CCCCC1. The van der Waals surface area contributed by atoms with Gasteiger partial charge in [-0.15, -0.1) is 5.10 Å². The Morgan fingerprint density at radius 1 is 0.750 bits per heavy atom. The molecular weight excluding hydrogens is 498 g/mol. The van der Waals surface area contributed by atoms with Crippen LogP contribution < -0.4 is 0 Å². The first-order valence-electron chi connectivity index (χ1n) is 14.4. The summed E-state index contributed by atoms with van der Waals surface area (Å²) in [7, 11) is 0. The zero-order chi connectivity index (χ0) is 27.3. The average molecular weight is 534 g/mol. The molecule has 3 heterocycles. The summed E-state index contributed by atoms with van der Waals surface area (Å²) in [5.41, 5.74) is 5.48. The van der Waals surface area contributed by atoms with E-state index in [9.17, 15) is 9.59 Å². The van der Waals surface area contributed by atoms with Gasteiger partial charge in [0.1, 0.15) is 5.69 Å². The quantitative estimate of drug-likeness (QED) is 0.302. The molecule has 1 aromatic heterocycles. The van der Waals surface area contributed by atoms with E-state index in [0.29, 0.717) is 11.3 Å². The third kappa shape index (κ3) is 5.55. The van der Waals surface area contributed by atoms with Crippen molar-refractivity contribution in [2.45, 2.75) is 51.0 Å². The molecule has 2 aliphatic rings. The summed E-state index contributed by atoms with van der Waals surface area (Å²) >= 11 is 0. The Hall–Kier alpha value is -4.26. The van der Waals surface area contributed by atoms with Crippen molar-refractivity contribution in [1.82, 2.24) is 24.8 Å². The van der Waals surface area contributed by atoms with E-state index < -0.39 is 0 Å². The molecule has 6 rings (SSSR count). The standard InChI is InChI=1S/C33H35N5O2/c39-32(36-20-8-2-9-21-36)27-18-16-26(17-19-27)29-14-5-6-15-30(29)31-24-38(35-34-31)33(40)37-22-10-7-13-28(37)23-25-11-3-1-4-12-25/h1,3-6,11-12,14-19,24,28H,2,7-10,13,20-23H2. The average Bonchev–Trinajstić information content (AvgIpc) is 3.52. The number of likely N-dealkylation sites (tertiary alicyclic amines) is 2. The molecule has 0 bridgehead atoms. The fourth-order valence-corrected chi connectivity index (χ4v) is 5.99. The van der Waals surface area contributed by atoms with Crippen molar-refractivity contribution >= 4 is 11.9 Å². The molecule has 0 spiro atoms. The van der Waals surface area contributed by atoms with Crippen LogP contribution in [0, 0.1) is 0 Å². The number of rotatable bonds is 5. The smallest absolute Gasteiger partial charge is 0.339 e. The summed E-state index contributed by atoms with van der Waals surface area (Å²) in [5, 5.41) is 8.67. The molecule has 0 radical (unpaired) electrons. The summed E-state index contributed by atoms with van der Waals surface area (Å²) in [6.07, 6.45) is 9.04. The van der Waals surface area contributed by atoms with Crippen molar-refractivity contribution < 1.29 is 9.59 Å². The summed E-state index contributed by atoms with van der Waals surface area (Å²) in [6.45, 7) is 2.40. The second-order valence-electron chi connectivity index (χ2n) is 10.8. The van der Waals surface area contributed by atoms with Crippen molar-refractivity contribution in [3.05, 3.63) is 96.2 Å². The highest BCUT2D eigenvalue weighted by Crippen LogP contribution is 2.31. The molecule has 1 atom stereocenters. The lowest BCUT2D eigenvalue weighted by molar-refractivity contribution is 0.0724. The van der Waals surface area contributed by atoms with Crippen LogP contribution in [-0.2, 0) is 6.42 Å². The third-order valence-electron chi connectivity index (χ3n) is 8.17. The Bertz CT molecular complexity index is 1460. The Kier molecular flexibility index (Phi) is 7.71. The molecular formula is C33H35N5O2. The van der Waals surface area contributed by atoms with Gasteiger partial charge in [0.25, 0.3) is 5.91 Å². The first-order valence-corrected chi connectivity index (χ1v) is 14.4. The highest BCUT2D eigenvalue weighted by Gasteiger charge is 2.29. The lowest BCUT2D eigenvalue weighted by Crippen LogP contribution is -2.46. The fraction of sp³-hybridized carbons (Fsp3) is 0.333. The normalized spacial score (nSPS) is 17.6. The third-order valence-corrected chi connectivity index (χ3v) is 8.17. The van der Waals surface area contributed by atoms with Crippen LogP contribution in [0.1, 0.15) is 54.4 Å². The minimum Gasteiger partial charge on any atom is -0.339 e. The van der Waals surface area contributed by atoms with Gasteiger partial charge in [0, 0.05) is 36.8 Å². The van der Waals surface area contributed by atoms with Gasteiger partial charge in [-0.3, -0.25) is 4.79 Å². The topological polar surface area (TPSA) is 71.3 Å². The maximum absolute atomic E-state index is 13.6. The number of amides is 2. The highest BCUT2D eigenvalue weighted by atomic mass is 16.2. The van der Waals surface area contributed by atoms with Crippen LogP contribution in [0.5, 0.6) is 0 Å². The maximum atomic E-state index is 13.6. The van der Waals surface area contributed by atoms with Crippen LogP contribution in [0.15, 0.2) is 85.1 Å². The molecule has 2 fully saturated rings. The molecule has 0 N–H and O–H groups in total. The van der Waals surface area contributed by atoms with Crippen LogP contribution >= 0.6 is 0 Å². The van der Waals surface area contributed by atoms with Gasteiger partial charge in [0.15, 0.2) is 0 Å². The van der Waals surface area contributed by atoms with E-state index in [4.69, 9.17) is 0 Å². The van der Waals surface area contributed by atoms with Crippen LogP contribution in [-0.4, -0.2) is 62.4 Å². The number of piperidine rings is 2. The van der Waals surface area contributed by atoms with Crippen LogP contribution in [0.4, 0.5) is 4.79 Å². The second-order valence-corrected chi connectivity index (χ2v) is 10.8. The summed E-state index contributed by atoms with van der Waals surface area (Å²) in [6, 6.07) is 26.2. The molecule has 1 unspecified atom stereocenters. The van der Waals surface area contributed by atoms with E-state index >= 15 is 0 Å². The van der Waals surface area contributed by atoms with E-state index in [2.05, 4.69) is 22.4 Å². The van der Waals surface area contributed by atoms with E-state index in [1.54, 1.807) is 6.20 Å². The van der Waals surface area contributed by atoms with Gasteiger partial charge in [-0.2, -0.15) is 4.68 Å². The molecule has 0 saturated carbocycles. The number of carbonyl (C=O) groups is 2. The van der Waals surface area contributed by atoms with Gasteiger partial charge >= 0.3 is 6.03 Å². The monoisotopic (exact) mass is 533 g/mol. The van der Waals surface area contributed by atoms with Gasteiger partial charge in [-0.05, 0) is 73.8 Å². The molecule has 2 aliphatic heterocycles. The summed E-state index contributed by atoms with van der Waals surface area (Å²) in [5.74, 6) is 0.101. The van der Waals surface area contributed by atoms with Crippen molar-refractivity contribution in [2.24, 2.45) is 0 Å². The van der Waals surface area contributed by atoms with Gasteiger partial charge in [0.05, 0.1) is 6.20 Å². The minimum atomic E-state index is -0.127. The van der Waals surface area contributed by atoms with Crippen molar-refractivity contribution in [3.63, 3.8) is 0 Å². The summed E-state index contributed by atoms with van der Waals surface area (Å²) < 4.78 is 1.38. The van der Waals surface area contributed by atoms with Crippen LogP contribution in [0.3, 0.4) is 0 Å². The number of nitrogens with zero attached hydrogens (tertiary/aromatic N) is 5. The zero-order valence-electron chi connectivity index (χ0n) is 22.8. The van der Waals surface area contributed by atoms with Crippen LogP contribution in [0.2, 0.25) is 0 Å². The molecule has 2 saturated heterocycles. The minimum absolute atomic E-state index is 0.101. The molecule has 2 amide bonds. The fourth-order valence-electron chi connectivity index (χ4n) is 5.99. The second kappa shape index (κ2) is 11.9. The Morgan fingerprint density at radius 2 is 1.45 bits per heavy atom. The lowest BCUT2D eigenvalue weighted by atomic mass is 9.96. The molecule has 0 aliphatic carbocycles. The van der Waals surface area contributed by atoms with Gasteiger partial charge < -0.3 is 9.80 Å². The molecule has 3 aromatic carbocycles. The van der Waals surface area contributed by atoms with E-state index in [1.165, 1.54) is 16.7 Å². The Balaban J connectivity index is 1.21. The Labute approximate surface area is 235 Å². The van der Waals surface area contributed by atoms with Gasteiger partial charge in [-0.25, -0.2) is 4.79 Å². The predicted molar refractivity (Wildman–Crippen MR) is 156 cm³/mol. The van der Waals surface area contributed by atoms with E-state index in [-0.39, 0.29) is 18.0 Å². The maximum Gasteiger partial charge on any atom is 0.346 e. The van der Waals surface area contributed by atoms with Crippen molar-refractivity contribution in [2.75, 3.05) is 19.6 Å². The molecule has 40 heavy (non-hydrogen) atoms. The number of hydrogen-bond acceptors (Lipinski definition) is 4. The largest absolute Gasteiger partial charge is 0.346 e. The Morgan fingerprint density at radius 3 is 2.23 bits per heavy atom. The van der Waals surface area contributed by atoms with E-state index in [0.717, 1.165) is 74.8 Å². The van der Waals surface area contributed by atoms with Gasteiger partial charge in [0.2, 0.25) is 0 Å². The first kappa shape index (κ1) is 26.0. The number of benzene rings is 3. The van der Waals surface area contributed by atoms with Crippen molar-refractivity contribution in [3.8, 4) is 22.4 Å². The predicted octanol–water partition coefficient (Wildman–Crippen LogP) is 6.30. The zero-order valence-corrected chi connectivity index (χ0v) is 22.8. The summed E-state index contributed by atoms with van der Waals surface area (Å²) in [4.78, 5) is 30.4. The molecule has 4 aromatic rings. The number of hydrogen-bond donors (Lipinski definition) is 0. The molecule has 7 nitrogen and oxygen atoms in total. The lowest BCUT2D eigenvalue weighted by Gasteiger charge is -2.35. The highest BCUT2D eigenvalue weighted by molar-refractivity contribution is 5.95. The van der Waals surface area contributed by atoms with Gasteiger partial charge in [-0.1, -0.05) is 71.9 Å². The van der Waals surface area contributed by atoms with Crippen molar-refractivity contribution in [1.29, 1.82) is 0 Å².